The van der Waals surface area contributed by atoms with Crippen LogP contribution in [0.5, 0.6) is 0 Å². The summed E-state index contributed by atoms with van der Waals surface area (Å²) >= 11 is 0. The maximum absolute atomic E-state index is 12.6. The Kier molecular flexibility index (Phi) is 5.32. The van der Waals surface area contributed by atoms with Crippen molar-refractivity contribution in [2.24, 2.45) is 0 Å². The lowest BCUT2D eigenvalue weighted by Gasteiger charge is -2.34. The fourth-order valence-electron chi connectivity index (χ4n) is 3.30. The van der Waals surface area contributed by atoms with Crippen molar-refractivity contribution in [3.63, 3.8) is 0 Å². The van der Waals surface area contributed by atoms with Gasteiger partial charge in [0, 0.05) is 25.7 Å². The monoisotopic (exact) mass is 366 g/mol. The first-order valence-electron chi connectivity index (χ1n) is 9.05. The van der Waals surface area contributed by atoms with Gasteiger partial charge in [0.25, 0.3) is 5.91 Å². The zero-order chi connectivity index (χ0) is 18.5. The third kappa shape index (κ3) is 4.10. The van der Waals surface area contributed by atoms with E-state index in [2.05, 4.69) is 32.5 Å². The largest absolute Gasteiger partial charge is 0.463 e. The zero-order valence-electron chi connectivity index (χ0n) is 14.9. The molecule has 2 N–H and O–H groups in total. The van der Waals surface area contributed by atoms with Crippen LogP contribution in [0.3, 0.4) is 0 Å². The first-order chi connectivity index (χ1) is 13.3. The van der Waals surface area contributed by atoms with Crippen molar-refractivity contribution in [1.29, 1.82) is 0 Å². The Morgan fingerprint density at radius 1 is 1.19 bits per heavy atom. The minimum atomic E-state index is -0.210. The summed E-state index contributed by atoms with van der Waals surface area (Å²) in [5, 5.41) is 9.96. The summed E-state index contributed by atoms with van der Waals surface area (Å²) < 4.78 is 10.8. The van der Waals surface area contributed by atoms with Gasteiger partial charge >= 0.3 is 0 Å². The van der Waals surface area contributed by atoms with E-state index in [9.17, 15) is 4.79 Å². The van der Waals surface area contributed by atoms with Gasteiger partial charge in [0.05, 0.1) is 25.5 Å². The highest BCUT2D eigenvalue weighted by Crippen LogP contribution is 2.22. The van der Waals surface area contributed by atoms with E-state index in [1.165, 1.54) is 5.56 Å². The molecule has 4 rings (SSSR count). The fraction of sp³-hybridized carbons (Fsp3) is 0.300. The van der Waals surface area contributed by atoms with Crippen molar-refractivity contribution in [2.45, 2.75) is 6.04 Å². The van der Waals surface area contributed by atoms with Crippen LogP contribution in [0, 0.1) is 0 Å². The lowest BCUT2D eigenvalue weighted by molar-refractivity contribution is 0.0162. The zero-order valence-corrected chi connectivity index (χ0v) is 14.9. The molecule has 3 aromatic rings. The minimum Gasteiger partial charge on any atom is -0.463 e. The molecule has 1 fully saturated rings. The summed E-state index contributed by atoms with van der Waals surface area (Å²) in [4.78, 5) is 14.9. The summed E-state index contributed by atoms with van der Waals surface area (Å²) in [7, 11) is 0. The predicted octanol–water partition coefficient (Wildman–Crippen LogP) is 2.47. The number of morpholine rings is 1. The highest BCUT2D eigenvalue weighted by molar-refractivity contribution is 5.93. The van der Waals surface area contributed by atoms with E-state index in [0.717, 1.165) is 13.1 Å². The van der Waals surface area contributed by atoms with Gasteiger partial charge in [0.2, 0.25) is 0 Å². The molecule has 140 valence electrons. The number of ether oxygens (including phenoxy) is 1. The van der Waals surface area contributed by atoms with E-state index in [0.29, 0.717) is 36.9 Å². The topological polar surface area (TPSA) is 83.4 Å². The van der Waals surface area contributed by atoms with Crippen LogP contribution in [0.25, 0.3) is 11.5 Å². The highest BCUT2D eigenvalue weighted by atomic mass is 16.5. The quantitative estimate of drug-likeness (QED) is 0.700. The van der Waals surface area contributed by atoms with Gasteiger partial charge in [-0.15, -0.1) is 0 Å². The lowest BCUT2D eigenvalue weighted by Crippen LogP contribution is -2.43. The number of amides is 1. The SMILES string of the molecule is O=C(NCC(c1ccccc1)N1CCOCC1)c1cc(-c2ccco2)[nH]n1. The first kappa shape index (κ1) is 17.5. The van der Waals surface area contributed by atoms with Crippen molar-refractivity contribution in [2.75, 3.05) is 32.8 Å². The summed E-state index contributed by atoms with van der Waals surface area (Å²) in [6.45, 7) is 3.62. The molecule has 2 aromatic heterocycles. The molecule has 0 spiro atoms. The molecule has 1 aromatic carbocycles. The summed E-state index contributed by atoms with van der Waals surface area (Å²) in [6, 6.07) is 15.6. The van der Waals surface area contributed by atoms with Crippen LogP contribution < -0.4 is 5.32 Å². The van der Waals surface area contributed by atoms with Crippen molar-refractivity contribution < 1.29 is 13.9 Å². The number of nitrogens with zero attached hydrogens (tertiary/aromatic N) is 2. The molecule has 7 heteroatoms. The number of aromatic amines is 1. The number of rotatable bonds is 6. The van der Waals surface area contributed by atoms with Crippen LogP contribution in [-0.2, 0) is 4.74 Å². The molecule has 27 heavy (non-hydrogen) atoms. The molecule has 0 radical (unpaired) electrons. The highest BCUT2D eigenvalue weighted by Gasteiger charge is 2.23. The van der Waals surface area contributed by atoms with Gasteiger partial charge < -0.3 is 14.5 Å². The van der Waals surface area contributed by atoms with Crippen LogP contribution in [-0.4, -0.2) is 53.9 Å². The van der Waals surface area contributed by atoms with Gasteiger partial charge in [-0.2, -0.15) is 5.10 Å². The number of benzene rings is 1. The van der Waals surface area contributed by atoms with Gasteiger partial charge in [-0.3, -0.25) is 14.8 Å². The Morgan fingerprint density at radius 2 is 2.00 bits per heavy atom. The number of hydrogen-bond acceptors (Lipinski definition) is 5. The molecule has 1 unspecified atom stereocenters. The number of carbonyl (C=O) groups is 1. The van der Waals surface area contributed by atoms with Crippen molar-refractivity contribution in [1.82, 2.24) is 20.4 Å². The van der Waals surface area contributed by atoms with Crippen LogP contribution in [0.2, 0.25) is 0 Å². The first-order valence-corrected chi connectivity index (χ1v) is 9.05. The molecule has 0 saturated carbocycles. The van der Waals surface area contributed by atoms with Crippen LogP contribution >= 0.6 is 0 Å². The molecular weight excluding hydrogens is 344 g/mol. The fourth-order valence-corrected chi connectivity index (χ4v) is 3.30. The lowest BCUT2D eigenvalue weighted by atomic mass is 10.0. The summed E-state index contributed by atoms with van der Waals surface area (Å²) in [6.07, 6.45) is 1.59. The van der Waals surface area contributed by atoms with Gasteiger partial charge in [0.1, 0.15) is 5.69 Å². The molecule has 3 heterocycles. The summed E-state index contributed by atoms with van der Waals surface area (Å²) in [5.41, 5.74) is 2.20. The van der Waals surface area contributed by atoms with Gasteiger partial charge in [-0.05, 0) is 17.7 Å². The third-order valence-corrected chi connectivity index (χ3v) is 4.72. The van der Waals surface area contributed by atoms with Crippen molar-refractivity contribution in [3.8, 4) is 11.5 Å². The number of furan rings is 1. The molecule has 1 saturated heterocycles. The van der Waals surface area contributed by atoms with Crippen LogP contribution in [0.4, 0.5) is 0 Å². The molecule has 1 aliphatic heterocycles. The Bertz CT molecular complexity index is 855. The molecule has 1 amide bonds. The van der Waals surface area contributed by atoms with Gasteiger partial charge in [-0.25, -0.2) is 0 Å². The molecule has 1 aliphatic rings. The van der Waals surface area contributed by atoms with E-state index in [4.69, 9.17) is 9.15 Å². The van der Waals surface area contributed by atoms with Crippen LogP contribution in [0.15, 0.2) is 59.2 Å². The minimum absolute atomic E-state index is 0.0996. The second-order valence-corrected chi connectivity index (χ2v) is 6.43. The maximum atomic E-state index is 12.6. The Balaban J connectivity index is 1.45. The molecule has 0 bridgehead atoms. The average Bonchev–Trinajstić information content (AvgIpc) is 3.41. The van der Waals surface area contributed by atoms with E-state index >= 15 is 0 Å². The van der Waals surface area contributed by atoms with E-state index in [1.54, 1.807) is 18.4 Å². The number of aromatic nitrogens is 2. The molecule has 7 nitrogen and oxygen atoms in total. The van der Waals surface area contributed by atoms with Crippen molar-refractivity contribution >= 4 is 5.91 Å². The average molecular weight is 366 g/mol. The van der Waals surface area contributed by atoms with E-state index < -0.39 is 0 Å². The predicted molar refractivity (Wildman–Crippen MR) is 100 cm³/mol. The Morgan fingerprint density at radius 3 is 2.74 bits per heavy atom. The van der Waals surface area contributed by atoms with E-state index in [1.807, 2.05) is 24.3 Å². The third-order valence-electron chi connectivity index (χ3n) is 4.72. The standard InChI is InChI=1S/C20H22N4O3/c25-20(17-13-16(22-23-17)19-7-4-10-27-19)21-14-18(15-5-2-1-3-6-15)24-8-11-26-12-9-24/h1-7,10,13,18H,8-9,11-12,14H2,(H,21,25)(H,22,23). The molecular formula is C20H22N4O3. The number of nitrogens with one attached hydrogen (secondary N) is 2. The number of H-pyrrole nitrogens is 1. The number of hydrogen-bond donors (Lipinski definition) is 2. The normalized spacial score (nSPS) is 16.1. The Hall–Kier alpha value is -2.90. The summed E-state index contributed by atoms with van der Waals surface area (Å²) in [5.74, 6) is 0.440. The van der Waals surface area contributed by atoms with Crippen molar-refractivity contribution in [3.05, 3.63) is 66.1 Å². The Labute approximate surface area is 157 Å². The molecule has 0 aliphatic carbocycles. The maximum Gasteiger partial charge on any atom is 0.271 e. The van der Waals surface area contributed by atoms with E-state index in [-0.39, 0.29) is 11.9 Å². The second kappa shape index (κ2) is 8.20. The van der Waals surface area contributed by atoms with Crippen LogP contribution in [0.1, 0.15) is 22.1 Å². The van der Waals surface area contributed by atoms with Gasteiger partial charge in [-0.1, -0.05) is 30.3 Å². The smallest absolute Gasteiger partial charge is 0.271 e. The molecule has 1 atom stereocenters. The second-order valence-electron chi connectivity index (χ2n) is 6.43. The number of carbonyl (C=O) groups excluding carboxylic acids is 1. The van der Waals surface area contributed by atoms with Gasteiger partial charge in [0.15, 0.2) is 11.5 Å².